The Balaban J connectivity index is 1.86. The second-order valence-electron chi connectivity index (χ2n) is 5.50. The minimum absolute atomic E-state index is 0.0498. The van der Waals surface area contributed by atoms with Gasteiger partial charge in [0.15, 0.2) is 18.5 Å². The summed E-state index contributed by atoms with van der Waals surface area (Å²) in [4.78, 5) is 34.1. The van der Waals surface area contributed by atoms with E-state index in [1.54, 1.807) is 18.2 Å². The Morgan fingerprint density at radius 1 is 1.15 bits per heavy atom. The van der Waals surface area contributed by atoms with E-state index in [9.17, 15) is 19.7 Å². The quantitative estimate of drug-likeness (QED) is 0.463. The summed E-state index contributed by atoms with van der Waals surface area (Å²) >= 11 is 0. The number of nitrogens with one attached hydrogen (secondary N) is 1. The second-order valence-corrected chi connectivity index (χ2v) is 5.50. The predicted molar refractivity (Wildman–Crippen MR) is 94.0 cm³/mol. The van der Waals surface area contributed by atoms with Gasteiger partial charge in [0.2, 0.25) is 0 Å². The van der Waals surface area contributed by atoms with E-state index in [0.717, 1.165) is 5.56 Å². The smallest absolute Gasteiger partial charge is 0.344 e. The molecular weight excluding hydrogens is 340 g/mol. The zero-order valence-electron chi connectivity index (χ0n) is 14.3. The van der Waals surface area contributed by atoms with Crippen molar-refractivity contribution >= 4 is 23.3 Å². The standard InChI is InChI=1S/C18H18N2O6/c1-12-7-9-14(10-8-12)19-18(22)13(2)26-17(21)11-25-16-6-4-3-5-15(16)20(23)24/h3-10,13H,11H2,1-2H3,(H,19,22)/t13-/m1/s1. The fourth-order valence-corrected chi connectivity index (χ4v) is 2.03. The molecule has 8 heteroatoms. The number of hydrogen-bond acceptors (Lipinski definition) is 6. The van der Waals surface area contributed by atoms with E-state index in [4.69, 9.17) is 9.47 Å². The Morgan fingerprint density at radius 2 is 1.81 bits per heavy atom. The second kappa shape index (κ2) is 8.61. The van der Waals surface area contributed by atoms with Crippen LogP contribution in [0.25, 0.3) is 0 Å². The van der Waals surface area contributed by atoms with Gasteiger partial charge in [0.1, 0.15) is 0 Å². The summed E-state index contributed by atoms with van der Waals surface area (Å²) in [6.07, 6.45) is -1.04. The number of aryl methyl sites for hydroxylation is 1. The van der Waals surface area contributed by atoms with E-state index in [1.165, 1.54) is 25.1 Å². The average molecular weight is 358 g/mol. The van der Waals surface area contributed by atoms with Gasteiger partial charge in [0, 0.05) is 11.8 Å². The number of anilines is 1. The van der Waals surface area contributed by atoms with Gasteiger partial charge in [0.25, 0.3) is 5.91 Å². The number of nitro groups is 1. The third kappa shape index (κ3) is 5.30. The third-order valence-electron chi connectivity index (χ3n) is 3.40. The Labute approximate surface area is 149 Å². The zero-order valence-corrected chi connectivity index (χ0v) is 14.3. The molecule has 0 radical (unpaired) electrons. The molecule has 0 aliphatic heterocycles. The van der Waals surface area contributed by atoms with Crippen molar-refractivity contribution < 1.29 is 24.0 Å². The highest BCUT2D eigenvalue weighted by atomic mass is 16.6. The lowest BCUT2D eigenvalue weighted by molar-refractivity contribution is -0.385. The highest BCUT2D eigenvalue weighted by molar-refractivity contribution is 5.95. The number of carbonyl (C=O) groups is 2. The largest absolute Gasteiger partial charge is 0.475 e. The van der Waals surface area contributed by atoms with Crippen LogP contribution in [0.2, 0.25) is 0 Å². The van der Waals surface area contributed by atoms with Crippen molar-refractivity contribution in [1.29, 1.82) is 0 Å². The Kier molecular flexibility index (Phi) is 6.26. The summed E-state index contributed by atoms with van der Waals surface area (Å²) in [6, 6.07) is 12.8. The van der Waals surface area contributed by atoms with E-state index in [2.05, 4.69) is 5.32 Å². The van der Waals surface area contributed by atoms with Crippen molar-refractivity contribution in [3.8, 4) is 5.75 Å². The summed E-state index contributed by atoms with van der Waals surface area (Å²) in [6.45, 7) is 2.80. The number of carbonyl (C=O) groups excluding carboxylic acids is 2. The van der Waals surface area contributed by atoms with E-state index >= 15 is 0 Å². The number of nitro benzene ring substituents is 1. The van der Waals surface area contributed by atoms with Gasteiger partial charge in [-0.15, -0.1) is 0 Å². The van der Waals surface area contributed by atoms with Crippen molar-refractivity contribution in [2.24, 2.45) is 0 Å². The molecule has 0 heterocycles. The molecule has 0 bridgehead atoms. The number of hydrogen-bond donors (Lipinski definition) is 1. The minimum Gasteiger partial charge on any atom is -0.475 e. The van der Waals surface area contributed by atoms with E-state index < -0.39 is 29.5 Å². The fourth-order valence-electron chi connectivity index (χ4n) is 2.03. The van der Waals surface area contributed by atoms with Crippen LogP contribution < -0.4 is 10.1 Å². The van der Waals surface area contributed by atoms with Crippen LogP contribution in [-0.4, -0.2) is 29.5 Å². The van der Waals surface area contributed by atoms with Crippen LogP contribution in [0.4, 0.5) is 11.4 Å². The molecule has 0 unspecified atom stereocenters. The van der Waals surface area contributed by atoms with Crippen molar-refractivity contribution in [3.05, 3.63) is 64.2 Å². The van der Waals surface area contributed by atoms with E-state index in [0.29, 0.717) is 5.69 Å². The maximum atomic E-state index is 12.0. The number of ether oxygens (including phenoxy) is 2. The third-order valence-corrected chi connectivity index (χ3v) is 3.40. The number of rotatable bonds is 7. The average Bonchev–Trinajstić information content (AvgIpc) is 2.62. The number of nitrogens with zero attached hydrogens (tertiary/aromatic N) is 1. The van der Waals surface area contributed by atoms with E-state index in [-0.39, 0.29) is 11.4 Å². The molecule has 1 atom stereocenters. The highest BCUT2D eigenvalue weighted by Crippen LogP contribution is 2.25. The molecule has 0 saturated heterocycles. The molecule has 8 nitrogen and oxygen atoms in total. The molecular formula is C18H18N2O6. The van der Waals surface area contributed by atoms with Crippen LogP contribution in [0, 0.1) is 17.0 Å². The fraction of sp³-hybridized carbons (Fsp3) is 0.222. The molecule has 0 fully saturated rings. The van der Waals surface area contributed by atoms with Gasteiger partial charge in [-0.05, 0) is 32.0 Å². The molecule has 2 aromatic rings. The molecule has 1 amide bonds. The van der Waals surface area contributed by atoms with E-state index in [1.807, 2.05) is 19.1 Å². The van der Waals surface area contributed by atoms with Crippen molar-refractivity contribution in [3.63, 3.8) is 0 Å². The normalized spacial score (nSPS) is 11.3. The predicted octanol–water partition coefficient (Wildman–Crippen LogP) is 2.85. The van der Waals surface area contributed by atoms with Crippen LogP contribution in [0.15, 0.2) is 48.5 Å². The molecule has 0 saturated carbocycles. The highest BCUT2D eigenvalue weighted by Gasteiger charge is 2.20. The molecule has 0 aliphatic carbocycles. The van der Waals surface area contributed by atoms with Gasteiger partial charge >= 0.3 is 11.7 Å². The molecule has 0 spiro atoms. The van der Waals surface area contributed by atoms with Crippen LogP contribution in [0.3, 0.4) is 0 Å². The lowest BCUT2D eigenvalue weighted by atomic mass is 10.2. The first-order valence-corrected chi connectivity index (χ1v) is 7.80. The molecule has 2 rings (SSSR count). The number of para-hydroxylation sites is 2. The topological polar surface area (TPSA) is 108 Å². The summed E-state index contributed by atoms with van der Waals surface area (Å²) in [7, 11) is 0. The first-order chi connectivity index (χ1) is 12.4. The lowest BCUT2D eigenvalue weighted by Gasteiger charge is -2.14. The summed E-state index contributed by atoms with van der Waals surface area (Å²) in [5.74, 6) is -1.35. The Bertz CT molecular complexity index is 804. The molecule has 0 aliphatic rings. The Hall–Kier alpha value is -3.42. The lowest BCUT2D eigenvalue weighted by Crippen LogP contribution is -2.31. The summed E-state index contributed by atoms with van der Waals surface area (Å²) in [5, 5.41) is 13.5. The first-order valence-electron chi connectivity index (χ1n) is 7.80. The molecule has 2 aromatic carbocycles. The summed E-state index contributed by atoms with van der Waals surface area (Å²) < 4.78 is 10.1. The molecule has 1 N–H and O–H groups in total. The molecule has 0 aromatic heterocycles. The van der Waals surface area contributed by atoms with Crippen molar-refractivity contribution in [2.75, 3.05) is 11.9 Å². The molecule has 136 valence electrons. The molecule has 26 heavy (non-hydrogen) atoms. The van der Waals surface area contributed by atoms with Crippen LogP contribution in [-0.2, 0) is 14.3 Å². The maximum absolute atomic E-state index is 12.0. The van der Waals surface area contributed by atoms with Crippen molar-refractivity contribution in [1.82, 2.24) is 0 Å². The summed E-state index contributed by atoms with van der Waals surface area (Å²) in [5.41, 5.74) is 1.37. The SMILES string of the molecule is Cc1ccc(NC(=O)[C@@H](C)OC(=O)COc2ccccc2[N+](=O)[O-])cc1. The van der Waals surface area contributed by atoms with Gasteiger partial charge in [-0.1, -0.05) is 29.8 Å². The van der Waals surface area contributed by atoms with Gasteiger partial charge < -0.3 is 14.8 Å². The monoisotopic (exact) mass is 358 g/mol. The van der Waals surface area contributed by atoms with Crippen molar-refractivity contribution in [2.45, 2.75) is 20.0 Å². The van der Waals surface area contributed by atoms with Crippen LogP contribution in [0.1, 0.15) is 12.5 Å². The van der Waals surface area contributed by atoms with Gasteiger partial charge in [-0.2, -0.15) is 0 Å². The van der Waals surface area contributed by atoms with Gasteiger partial charge in [0.05, 0.1) is 4.92 Å². The number of benzene rings is 2. The Morgan fingerprint density at radius 3 is 2.46 bits per heavy atom. The van der Waals surface area contributed by atoms with Crippen LogP contribution >= 0.6 is 0 Å². The maximum Gasteiger partial charge on any atom is 0.344 e. The minimum atomic E-state index is -1.04. The zero-order chi connectivity index (χ0) is 19.1. The number of esters is 1. The van der Waals surface area contributed by atoms with Crippen LogP contribution in [0.5, 0.6) is 5.75 Å². The van der Waals surface area contributed by atoms with Gasteiger partial charge in [-0.3, -0.25) is 14.9 Å². The first kappa shape index (κ1) is 18.9. The number of amides is 1. The van der Waals surface area contributed by atoms with Gasteiger partial charge in [-0.25, -0.2) is 4.79 Å².